The third-order valence-corrected chi connectivity index (χ3v) is 8.91. The lowest BCUT2D eigenvalue weighted by molar-refractivity contribution is 0.00305. The topological polar surface area (TPSA) is 36.9 Å². The van der Waals surface area contributed by atoms with Gasteiger partial charge in [-0.25, -0.2) is 0 Å². The van der Waals surface area contributed by atoms with Crippen molar-refractivity contribution in [3.63, 3.8) is 0 Å². The summed E-state index contributed by atoms with van der Waals surface area (Å²) in [6.07, 6.45) is 0.922. The van der Waals surface area contributed by atoms with E-state index < -0.39 is 0 Å². The molecule has 0 spiro atoms. The zero-order chi connectivity index (χ0) is 28.7. The molecule has 5 rings (SSSR count). The normalized spacial score (nSPS) is 10.9. The summed E-state index contributed by atoms with van der Waals surface area (Å²) in [6, 6.07) is 50.5. The average molecular weight is 587 g/mol. The van der Waals surface area contributed by atoms with Crippen molar-refractivity contribution in [1.29, 1.82) is 0 Å². The van der Waals surface area contributed by atoms with Crippen molar-refractivity contribution in [2.75, 3.05) is 0 Å². The Hall–Kier alpha value is -4.27. The fraction of sp³-hybridized carbons (Fsp3) is 0.167. The zero-order valence-electron chi connectivity index (χ0n) is 23.5. The van der Waals surface area contributed by atoms with Gasteiger partial charge in [0.2, 0.25) is 12.6 Å². The predicted molar refractivity (Wildman–Crippen MR) is 172 cm³/mol. The summed E-state index contributed by atoms with van der Waals surface area (Å²) in [7, 11) is 1.37. The maximum Gasteiger partial charge on any atom is 0.240 e. The van der Waals surface area contributed by atoms with Crippen molar-refractivity contribution < 1.29 is 18.9 Å². The minimum atomic E-state index is -0.341. The van der Waals surface area contributed by atoms with Gasteiger partial charge in [0.15, 0.2) is 0 Å². The summed E-state index contributed by atoms with van der Waals surface area (Å²) in [6.45, 7) is 0. The number of ether oxygens (including phenoxy) is 4. The van der Waals surface area contributed by atoms with Crippen molar-refractivity contribution in [3.05, 3.63) is 146 Å². The van der Waals surface area contributed by atoms with Crippen LogP contribution in [-0.4, -0.2) is 31.6 Å². The SMILES string of the molecule is c1ccc(OC(CC[Si]c2ccc([Si]CCC(Oc3ccccc3)Oc3ccccc3)cc2)Oc2ccccc2)cc1. The molecule has 0 aliphatic carbocycles. The molecule has 210 valence electrons. The Bertz CT molecular complexity index is 1220. The summed E-state index contributed by atoms with van der Waals surface area (Å²) in [5.74, 6) is 3.27. The zero-order valence-corrected chi connectivity index (χ0v) is 25.5. The van der Waals surface area contributed by atoms with Gasteiger partial charge in [0, 0.05) is 12.8 Å². The predicted octanol–water partition coefficient (Wildman–Crippen LogP) is 6.93. The molecule has 4 radical (unpaired) electrons. The van der Waals surface area contributed by atoms with Gasteiger partial charge in [-0.2, -0.15) is 0 Å². The molecule has 0 N–H and O–H groups in total. The maximum absolute atomic E-state index is 6.18. The molecular formula is C36H34O4Si2. The molecule has 42 heavy (non-hydrogen) atoms. The van der Waals surface area contributed by atoms with E-state index in [9.17, 15) is 0 Å². The van der Waals surface area contributed by atoms with Crippen LogP contribution in [0.3, 0.4) is 0 Å². The third kappa shape index (κ3) is 9.98. The third-order valence-electron chi connectivity index (χ3n) is 6.35. The van der Waals surface area contributed by atoms with E-state index >= 15 is 0 Å². The molecule has 0 bridgehead atoms. The average Bonchev–Trinajstić information content (AvgIpc) is 3.04. The van der Waals surface area contributed by atoms with Crippen molar-refractivity contribution >= 4 is 29.4 Å². The highest BCUT2D eigenvalue weighted by molar-refractivity contribution is 6.55. The second-order valence-corrected chi connectivity index (χ2v) is 12.5. The summed E-state index contributed by atoms with van der Waals surface area (Å²) in [5.41, 5.74) is 0. The quantitative estimate of drug-likeness (QED) is 0.0928. The highest BCUT2D eigenvalue weighted by atomic mass is 28.2. The van der Waals surface area contributed by atoms with Crippen LogP contribution in [0.15, 0.2) is 146 Å². The minimum Gasteiger partial charge on any atom is -0.455 e. The fourth-order valence-corrected chi connectivity index (χ4v) is 6.40. The van der Waals surface area contributed by atoms with E-state index in [1.807, 2.05) is 121 Å². The maximum atomic E-state index is 6.18. The first-order valence-corrected chi connectivity index (χ1v) is 16.7. The standard InChI is InChI=1S/C36H34O4Si2/c1-5-13-29(14-6-1)37-35(38-30-15-7-2-8-16-30)25-27-41-33-21-23-34(24-22-33)42-28-26-36(39-31-17-9-3-10-18-31)40-32-19-11-4-12-20-32/h1-24,35-36H,25-28H2. The molecule has 0 aliphatic heterocycles. The Balaban J connectivity index is 1.10. The van der Waals surface area contributed by atoms with E-state index in [4.69, 9.17) is 18.9 Å². The molecule has 0 heterocycles. The lowest BCUT2D eigenvalue weighted by Gasteiger charge is -2.21. The molecule has 0 fully saturated rings. The lowest BCUT2D eigenvalue weighted by atomic mass is 10.3. The Morgan fingerprint density at radius 2 is 0.619 bits per heavy atom. The highest BCUT2D eigenvalue weighted by Crippen LogP contribution is 2.20. The van der Waals surface area contributed by atoms with Crippen LogP contribution in [0.5, 0.6) is 23.0 Å². The van der Waals surface area contributed by atoms with Crippen molar-refractivity contribution in [1.82, 2.24) is 0 Å². The highest BCUT2D eigenvalue weighted by Gasteiger charge is 2.14. The van der Waals surface area contributed by atoms with Crippen LogP contribution in [0.25, 0.3) is 0 Å². The van der Waals surface area contributed by atoms with Crippen molar-refractivity contribution in [3.8, 4) is 23.0 Å². The van der Waals surface area contributed by atoms with Gasteiger partial charge in [0.05, 0.1) is 19.0 Å². The van der Waals surface area contributed by atoms with Crippen LogP contribution in [0, 0.1) is 0 Å². The summed E-state index contributed by atoms with van der Waals surface area (Å²) in [5, 5.41) is 2.69. The molecular weight excluding hydrogens is 553 g/mol. The van der Waals surface area contributed by atoms with E-state index in [1.54, 1.807) is 0 Å². The fourth-order valence-electron chi connectivity index (χ4n) is 4.26. The van der Waals surface area contributed by atoms with E-state index in [2.05, 4.69) is 24.3 Å². The van der Waals surface area contributed by atoms with Gasteiger partial charge in [-0.15, -0.1) is 0 Å². The first-order chi connectivity index (χ1) is 20.8. The number of rotatable bonds is 16. The second kappa shape index (κ2) is 16.2. The Kier molecular flexibility index (Phi) is 11.3. The molecule has 0 unspecified atom stereocenters. The number of hydrogen-bond acceptors (Lipinski definition) is 4. The van der Waals surface area contributed by atoms with Crippen LogP contribution in [-0.2, 0) is 0 Å². The summed E-state index contributed by atoms with van der Waals surface area (Å²) in [4.78, 5) is 0. The molecule has 0 atom stereocenters. The first-order valence-electron chi connectivity index (χ1n) is 14.2. The molecule has 0 saturated carbocycles. The molecule has 6 heteroatoms. The molecule has 5 aromatic carbocycles. The van der Waals surface area contributed by atoms with E-state index in [0.717, 1.165) is 47.9 Å². The van der Waals surface area contributed by atoms with E-state index in [1.165, 1.54) is 10.4 Å². The smallest absolute Gasteiger partial charge is 0.240 e. The number of hydrogen-bond donors (Lipinski definition) is 0. The molecule has 0 saturated heterocycles. The molecule has 0 amide bonds. The summed E-state index contributed by atoms with van der Waals surface area (Å²) >= 11 is 0. The number of para-hydroxylation sites is 4. The number of benzene rings is 5. The molecule has 4 nitrogen and oxygen atoms in total. The van der Waals surface area contributed by atoms with Crippen LogP contribution < -0.4 is 29.3 Å². The Morgan fingerprint density at radius 1 is 0.357 bits per heavy atom. The van der Waals surface area contributed by atoms with Crippen LogP contribution in [0.1, 0.15) is 12.8 Å². The summed E-state index contributed by atoms with van der Waals surface area (Å²) < 4.78 is 24.7. The van der Waals surface area contributed by atoms with E-state index in [-0.39, 0.29) is 12.6 Å². The van der Waals surface area contributed by atoms with Gasteiger partial charge in [-0.1, -0.05) is 107 Å². The molecule has 0 aromatic heterocycles. The van der Waals surface area contributed by atoms with Gasteiger partial charge in [-0.05, 0) is 60.6 Å². The largest absolute Gasteiger partial charge is 0.455 e. The monoisotopic (exact) mass is 586 g/mol. The second-order valence-electron chi connectivity index (χ2n) is 9.59. The van der Waals surface area contributed by atoms with Crippen LogP contribution in [0.4, 0.5) is 0 Å². The van der Waals surface area contributed by atoms with Crippen molar-refractivity contribution in [2.45, 2.75) is 37.5 Å². The van der Waals surface area contributed by atoms with Crippen molar-refractivity contribution in [2.24, 2.45) is 0 Å². The minimum absolute atomic E-state index is 0.341. The van der Waals surface area contributed by atoms with Gasteiger partial charge in [0.1, 0.15) is 23.0 Å². The Labute approximate surface area is 253 Å². The van der Waals surface area contributed by atoms with Crippen LogP contribution >= 0.6 is 0 Å². The molecule has 5 aromatic rings. The van der Waals surface area contributed by atoms with Gasteiger partial charge in [0.25, 0.3) is 0 Å². The van der Waals surface area contributed by atoms with E-state index in [0.29, 0.717) is 19.0 Å². The molecule has 0 aliphatic rings. The van der Waals surface area contributed by atoms with Crippen LogP contribution in [0.2, 0.25) is 12.1 Å². The van der Waals surface area contributed by atoms with Gasteiger partial charge < -0.3 is 18.9 Å². The lowest BCUT2D eigenvalue weighted by Crippen LogP contribution is -2.27. The Morgan fingerprint density at radius 3 is 0.881 bits per heavy atom. The van der Waals surface area contributed by atoms with Gasteiger partial charge in [-0.3, -0.25) is 0 Å². The first kappa shape index (κ1) is 29.2. The van der Waals surface area contributed by atoms with Gasteiger partial charge >= 0.3 is 0 Å².